The van der Waals surface area contributed by atoms with Gasteiger partial charge in [0, 0.05) is 31.1 Å². The van der Waals surface area contributed by atoms with Crippen LogP contribution in [0.5, 0.6) is 0 Å². The van der Waals surface area contributed by atoms with E-state index in [0.717, 1.165) is 32.0 Å². The molecule has 0 aliphatic carbocycles. The Kier molecular flexibility index (Phi) is 6.59. The second-order valence-corrected chi connectivity index (χ2v) is 8.33. The van der Waals surface area contributed by atoms with Crippen molar-refractivity contribution in [1.29, 1.82) is 0 Å². The molecule has 1 aliphatic rings. The molecule has 6 nitrogen and oxygen atoms in total. The Bertz CT molecular complexity index is 945. The van der Waals surface area contributed by atoms with E-state index in [4.69, 9.17) is 10.7 Å². The SMILES string of the molecule is CC(Sc1ccc2ccccc2c1)c1nc(N)nc(N2CCN(C)CC2)n1.Cl. The lowest BCUT2D eigenvalue weighted by Gasteiger charge is -2.32. The monoisotopic (exact) mass is 416 g/mol. The Morgan fingerprint density at radius 3 is 2.43 bits per heavy atom. The van der Waals surface area contributed by atoms with Crippen LogP contribution >= 0.6 is 24.2 Å². The zero-order chi connectivity index (χ0) is 18.8. The van der Waals surface area contributed by atoms with Gasteiger partial charge in [0.1, 0.15) is 5.82 Å². The number of benzene rings is 2. The fourth-order valence-electron chi connectivity index (χ4n) is 3.22. The van der Waals surface area contributed by atoms with Crippen LogP contribution in [0.4, 0.5) is 11.9 Å². The van der Waals surface area contributed by atoms with Crippen LogP contribution in [0.25, 0.3) is 10.8 Å². The molecule has 1 unspecified atom stereocenters. The standard InChI is InChI=1S/C20H24N6S.ClH/c1-14(27-17-8-7-15-5-3-4-6-16(15)13-17)18-22-19(21)24-20(23-18)26-11-9-25(2)10-12-26;/h3-8,13-14H,9-12H2,1-2H3,(H2,21,22,23,24);1H. The van der Waals surface area contributed by atoms with E-state index < -0.39 is 0 Å². The number of rotatable bonds is 4. The summed E-state index contributed by atoms with van der Waals surface area (Å²) in [5.74, 6) is 1.71. The highest BCUT2D eigenvalue weighted by molar-refractivity contribution is 7.99. The summed E-state index contributed by atoms with van der Waals surface area (Å²) in [5.41, 5.74) is 5.99. The number of piperazine rings is 1. The molecule has 0 bridgehead atoms. The van der Waals surface area contributed by atoms with E-state index in [1.54, 1.807) is 11.8 Å². The number of nitrogens with two attached hydrogens (primary N) is 1. The quantitative estimate of drug-likeness (QED) is 0.651. The van der Waals surface area contributed by atoms with Gasteiger partial charge in [0.25, 0.3) is 0 Å². The molecule has 8 heteroatoms. The van der Waals surface area contributed by atoms with Crippen molar-refractivity contribution in [3.63, 3.8) is 0 Å². The molecule has 148 valence electrons. The van der Waals surface area contributed by atoms with Gasteiger partial charge in [0.2, 0.25) is 11.9 Å². The number of hydrogen-bond acceptors (Lipinski definition) is 7. The van der Waals surface area contributed by atoms with Crippen molar-refractivity contribution in [2.45, 2.75) is 17.1 Å². The van der Waals surface area contributed by atoms with E-state index in [9.17, 15) is 0 Å². The minimum atomic E-state index is 0. The molecule has 1 aromatic heterocycles. The molecule has 1 saturated heterocycles. The van der Waals surface area contributed by atoms with Crippen molar-refractivity contribution in [3.8, 4) is 0 Å². The number of halogens is 1. The molecular formula is C20H25ClN6S. The van der Waals surface area contributed by atoms with Gasteiger partial charge >= 0.3 is 0 Å². The maximum Gasteiger partial charge on any atom is 0.230 e. The smallest absolute Gasteiger partial charge is 0.230 e. The predicted octanol–water partition coefficient (Wildman–Crippen LogP) is 3.63. The average Bonchev–Trinajstić information content (AvgIpc) is 2.68. The van der Waals surface area contributed by atoms with Crippen LogP contribution in [-0.2, 0) is 0 Å². The van der Waals surface area contributed by atoms with Crippen LogP contribution in [0.3, 0.4) is 0 Å². The van der Waals surface area contributed by atoms with Gasteiger partial charge in [-0.05, 0) is 36.9 Å². The molecule has 2 aromatic carbocycles. The third-order valence-electron chi connectivity index (χ3n) is 4.84. The van der Waals surface area contributed by atoms with Gasteiger partial charge in [-0.1, -0.05) is 30.3 Å². The normalized spacial score (nSPS) is 16.0. The number of fused-ring (bicyclic) bond motifs is 1. The molecule has 0 amide bonds. The maximum absolute atomic E-state index is 5.99. The largest absolute Gasteiger partial charge is 0.368 e. The molecule has 2 heterocycles. The first-order valence-corrected chi connectivity index (χ1v) is 10.1. The molecule has 1 aliphatic heterocycles. The molecule has 0 saturated carbocycles. The molecule has 2 N–H and O–H groups in total. The minimum absolute atomic E-state index is 0. The van der Waals surface area contributed by atoms with E-state index in [0.29, 0.717) is 11.9 Å². The summed E-state index contributed by atoms with van der Waals surface area (Å²) in [7, 11) is 2.13. The summed E-state index contributed by atoms with van der Waals surface area (Å²) in [5, 5.41) is 2.57. The number of likely N-dealkylation sites (N-methyl/N-ethyl adjacent to an activating group) is 1. The Hall–Kier alpha value is -2.09. The van der Waals surface area contributed by atoms with E-state index in [1.807, 2.05) is 0 Å². The number of thioether (sulfide) groups is 1. The zero-order valence-corrected chi connectivity index (χ0v) is 17.7. The molecular weight excluding hydrogens is 392 g/mol. The van der Waals surface area contributed by atoms with Crippen molar-refractivity contribution >= 4 is 46.8 Å². The number of nitrogens with zero attached hydrogens (tertiary/aromatic N) is 5. The van der Waals surface area contributed by atoms with Gasteiger partial charge in [-0.2, -0.15) is 15.0 Å². The van der Waals surface area contributed by atoms with E-state index in [-0.39, 0.29) is 17.7 Å². The fourth-order valence-corrected chi connectivity index (χ4v) is 4.19. The van der Waals surface area contributed by atoms with Gasteiger partial charge in [-0.15, -0.1) is 24.2 Å². The molecule has 1 fully saturated rings. The first kappa shape index (κ1) is 20.6. The molecule has 0 spiro atoms. The Balaban J connectivity index is 0.00000225. The highest BCUT2D eigenvalue weighted by atomic mass is 35.5. The molecule has 3 aromatic rings. The number of nitrogen functional groups attached to an aromatic ring is 1. The Morgan fingerprint density at radius 2 is 1.68 bits per heavy atom. The Labute approximate surface area is 176 Å². The maximum atomic E-state index is 5.99. The second kappa shape index (κ2) is 8.94. The Morgan fingerprint density at radius 1 is 0.964 bits per heavy atom. The lowest BCUT2D eigenvalue weighted by atomic mass is 10.1. The van der Waals surface area contributed by atoms with E-state index in [2.05, 4.69) is 76.2 Å². The first-order chi connectivity index (χ1) is 13.1. The van der Waals surface area contributed by atoms with Crippen molar-refractivity contribution < 1.29 is 0 Å². The topological polar surface area (TPSA) is 71.2 Å². The highest BCUT2D eigenvalue weighted by Gasteiger charge is 2.20. The third kappa shape index (κ3) is 4.66. The van der Waals surface area contributed by atoms with Gasteiger partial charge in [-0.3, -0.25) is 0 Å². The number of aromatic nitrogens is 3. The zero-order valence-electron chi connectivity index (χ0n) is 16.1. The number of anilines is 2. The van der Waals surface area contributed by atoms with Crippen LogP contribution in [0.2, 0.25) is 0 Å². The minimum Gasteiger partial charge on any atom is -0.368 e. The lowest BCUT2D eigenvalue weighted by molar-refractivity contribution is 0.311. The van der Waals surface area contributed by atoms with Crippen LogP contribution < -0.4 is 10.6 Å². The third-order valence-corrected chi connectivity index (χ3v) is 5.93. The van der Waals surface area contributed by atoms with Gasteiger partial charge in [0.05, 0.1) is 5.25 Å². The second-order valence-electron chi connectivity index (χ2n) is 6.91. The number of hydrogen-bond donors (Lipinski definition) is 1. The van der Waals surface area contributed by atoms with Gasteiger partial charge in [0.15, 0.2) is 0 Å². The molecule has 4 rings (SSSR count). The predicted molar refractivity (Wildman–Crippen MR) is 119 cm³/mol. The first-order valence-electron chi connectivity index (χ1n) is 9.19. The van der Waals surface area contributed by atoms with Gasteiger partial charge in [-0.25, -0.2) is 0 Å². The lowest BCUT2D eigenvalue weighted by Crippen LogP contribution is -2.45. The van der Waals surface area contributed by atoms with Crippen molar-refractivity contribution in [2.75, 3.05) is 43.9 Å². The summed E-state index contributed by atoms with van der Waals surface area (Å²) >= 11 is 1.74. The summed E-state index contributed by atoms with van der Waals surface area (Å²) in [6.45, 7) is 5.93. The van der Waals surface area contributed by atoms with Crippen LogP contribution in [0.15, 0.2) is 47.4 Å². The van der Waals surface area contributed by atoms with Crippen LogP contribution in [0, 0.1) is 0 Å². The van der Waals surface area contributed by atoms with Crippen LogP contribution in [0.1, 0.15) is 18.0 Å². The average molecular weight is 417 g/mol. The fraction of sp³-hybridized carbons (Fsp3) is 0.350. The highest BCUT2D eigenvalue weighted by Crippen LogP contribution is 2.35. The molecule has 1 atom stereocenters. The summed E-state index contributed by atoms with van der Waals surface area (Å²) in [4.78, 5) is 19.2. The van der Waals surface area contributed by atoms with Crippen LogP contribution in [-0.4, -0.2) is 53.1 Å². The van der Waals surface area contributed by atoms with E-state index in [1.165, 1.54) is 15.7 Å². The summed E-state index contributed by atoms with van der Waals surface area (Å²) in [6.07, 6.45) is 0. The molecule has 0 radical (unpaired) electrons. The summed E-state index contributed by atoms with van der Waals surface area (Å²) in [6, 6.07) is 14.9. The van der Waals surface area contributed by atoms with Crippen molar-refractivity contribution in [3.05, 3.63) is 48.3 Å². The summed E-state index contributed by atoms with van der Waals surface area (Å²) < 4.78 is 0. The van der Waals surface area contributed by atoms with Crippen molar-refractivity contribution in [1.82, 2.24) is 19.9 Å². The van der Waals surface area contributed by atoms with Gasteiger partial charge < -0.3 is 15.5 Å². The van der Waals surface area contributed by atoms with Crippen molar-refractivity contribution in [2.24, 2.45) is 0 Å². The molecule has 28 heavy (non-hydrogen) atoms. The van der Waals surface area contributed by atoms with E-state index >= 15 is 0 Å².